The maximum atomic E-state index is 10.6. The number of nitrogens with zero attached hydrogens (tertiary/aromatic N) is 1. The number of amides is 1. The summed E-state index contributed by atoms with van der Waals surface area (Å²) in [6.45, 7) is 6.22. The van der Waals surface area contributed by atoms with Crippen molar-refractivity contribution in [3.63, 3.8) is 0 Å². The molecule has 0 unspecified atom stereocenters. The molecule has 0 aromatic rings. The van der Waals surface area contributed by atoms with Crippen LogP contribution >= 0.6 is 0 Å². The molecule has 0 aliphatic carbocycles. The van der Waals surface area contributed by atoms with E-state index in [4.69, 9.17) is 0 Å². The van der Waals surface area contributed by atoms with Crippen molar-refractivity contribution in [2.24, 2.45) is 0 Å². The molecule has 0 rings (SSSR count). The van der Waals surface area contributed by atoms with E-state index in [1.54, 1.807) is 0 Å². The summed E-state index contributed by atoms with van der Waals surface area (Å²) in [5.74, 6) is 0. The van der Waals surface area contributed by atoms with Gasteiger partial charge in [0, 0.05) is 13.1 Å². The van der Waals surface area contributed by atoms with E-state index in [0.717, 1.165) is 25.9 Å². The fourth-order valence-electron chi connectivity index (χ4n) is 1.78. The summed E-state index contributed by atoms with van der Waals surface area (Å²) in [5, 5.41) is 0. The van der Waals surface area contributed by atoms with Gasteiger partial charge in [-0.1, -0.05) is 52.4 Å². The van der Waals surface area contributed by atoms with Crippen LogP contribution in [0.5, 0.6) is 0 Å². The topological polar surface area (TPSA) is 20.3 Å². The molecule has 2 heteroatoms. The third-order valence-corrected chi connectivity index (χ3v) is 2.71. The van der Waals surface area contributed by atoms with Crippen molar-refractivity contribution < 1.29 is 4.79 Å². The molecule has 0 heterocycles. The van der Waals surface area contributed by atoms with E-state index in [-0.39, 0.29) is 0 Å². The lowest BCUT2D eigenvalue weighted by molar-refractivity contribution is -0.118. The minimum absolute atomic E-state index is 0.916. The van der Waals surface area contributed by atoms with Crippen LogP contribution in [0, 0.1) is 0 Å². The lowest BCUT2D eigenvalue weighted by Crippen LogP contribution is -2.23. The van der Waals surface area contributed by atoms with Crippen molar-refractivity contribution in [1.82, 2.24) is 4.90 Å². The number of hydrogen-bond acceptors (Lipinski definition) is 1. The van der Waals surface area contributed by atoms with Gasteiger partial charge >= 0.3 is 0 Å². The highest BCUT2D eigenvalue weighted by molar-refractivity contribution is 5.46. The van der Waals surface area contributed by atoms with Gasteiger partial charge in [-0.05, 0) is 12.8 Å². The molecule has 15 heavy (non-hydrogen) atoms. The van der Waals surface area contributed by atoms with Crippen LogP contribution in [0.4, 0.5) is 0 Å². The van der Waals surface area contributed by atoms with Crippen LogP contribution in [0.25, 0.3) is 0 Å². The fraction of sp³-hybridized carbons (Fsp3) is 0.923. The van der Waals surface area contributed by atoms with Crippen LogP contribution in [0.2, 0.25) is 0 Å². The Hall–Kier alpha value is -0.530. The third kappa shape index (κ3) is 9.77. The Bertz CT molecular complexity index is 136. The zero-order valence-corrected chi connectivity index (χ0v) is 10.5. The van der Waals surface area contributed by atoms with E-state index in [2.05, 4.69) is 13.8 Å². The number of rotatable bonds is 11. The Balaban J connectivity index is 3.17. The highest BCUT2D eigenvalue weighted by atomic mass is 16.1. The van der Waals surface area contributed by atoms with Crippen molar-refractivity contribution in [1.29, 1.82) is 0 Å². The van der Waals surface area contributed by atoms with E-state index in [1.807, 2.05) is 4.90 Å². The molecule has 0 aromatic carbocycles. The van der Waals surface area contributed by atoms with Crippen LogP contribution in [-0.2, 0) is 4.79 Å². The van der Waals surface area contributed by atoms with Crippen molar-refractivity contribution in [2.45, 2.75) is 65.2 Å². The predicted octanol–water partition coefficient (Wildman–Crippen LogP) is 3.61. The molecule has 0 aliphatic rings. The van der Waals surface area contributed by atoms with E-state index in [9.17, 15) is 4.79 Å². The first-order valence-corrected chi connectivity index (χ1v) is 6.54. The summed E-state index contributed by atoms with van der Waals surface area (Å²) in [6.07, 6.45) is 11.3. The Morgan fingerprint density at radius 1 is 0.800 bits per heavy atom. The third-order valence-electron chi connectivity index (χ3n) is 2.71. The summed E-state index contributed by atoms with van der Waals surface area (Å²) in [4.78, 5) is 12.5. The molecule has 0 N–H and O–H groups in total. The lowest BCUT2D eigenvalue weighted by atomic mass is 10.1. The first-order valence-electron chi connectivity index (χ1n) is 6.54. The second kappa shape index (κ2) is 11.5. The summed E-state index contributed by atoms with van der Waals surface area (Å²) < 4.78 is 0. The van der Waals surface area contributed by atoms with Gasteiger partial charge in [-0.25, -0.2) is 0 Å². The van der Waals surface area contributed by atoms with Crippen molar-refractivity contribution in [2.75, 3.05) is 13.1 Å². The van der Waals surface area contributed by atoms with Gasteiger partial charge in [0.1, 0.15) is 0 Å². The molecule has 0 spiro atoms. The summed E-state index contributed by atoms with van der Waals surface area (Å²) in [7, 11) is 0. The number of carbonyl (C=O) groups is 1. The molecular formula is C13H27NO. The summed E-state index contributed by atoms with van der Waals surface area (Å²) >= 11 is 0. The Kier molecular flexibility index (Phi) is 11.1. The molecule has 0 saturated carbocycles. The van der Waals surface area contributed by atoms with E-state index < -0.39 is 0 Å². The van der Waals surface area contributed by atoms with Gasteiger partial charge < -0.3 is 4.90 Å². The normalized spacial score (nSPS) is 10.3. The van der Waals surface area contributed by atoms with Crippen molar-refractivity contribution in [3.05, 3.63) is 0 Å². The average molecular weight is 213 g/mol. The van der Waals surface area contributed by atoms with E-state index in [0.29, 0.717) is 0 Å². The van der Waals surface area contributed by atoms with Crippen LogP contribution < -0.4 is 0 Å². The molecule has 0 fully saturated rings. The number of unbranched alkanes of at least 4 members (excludes halogenated alkanes) is 6. The monoisotopic (exact) mass is 213 g/mol. The first kappa shape index (κ1) is 14.5. The zero-order chi connectivity index (χ0) is 11.4. The maximum Gasteiger partial charge on any atom is 0.209 e. The van der Waals surface area contributed by atoms with Crippen LogP contribution in [0.15, 0.2) is 0 Å². The SMILES string of the molecule is CCCCCCCCCN(C=O)CCC. The molecule has 0 saturated heterocycles. The minimum atomic E-state index is 0.916. The maximum absolute atomic E-state index is 10.6. The largest absolute Gasteiger partial charge is 0.345 e. The van der Waals surface area contributed by atoms with E-state index in [1.165, 1.54) is 44.9 Å². The second-order valence-corrected chi connectivity index (χ2v) is 4.26. The molecule has 0 aliphatic heterocycles. The fourth-order valence-corrected chi connectivity index (χ4v) is 1.78. The molecule has 0 aromatic heterocycles. The van der Waals surface area contributed by atoms with Gasteiger partial charge in [-0.2, -0.15) is 0 Å². The van der Waals surface area contributed by atoms with Crippen LogP contribution in [0.1, 0.15) is 65.2 Å². The Morgan fingerprint density at radius 3 is 1.93 bits per heavy atom. The molecule has 0 bridgehead atoms. The summed E-state index contributed by atoms with van der Waals surface area (Å²) in [5.41, 5.74) is 0. The Labute approximate surface area is 95.0 Å². The predicted molar refractivity (Wildman–Crippen MR) is 65.9 cm³/mol. The smallest absolute Gasteiger partial charge is 0.209 e. The highest BCUT2D eigenvalue weighted by Gasteiger charge is 1.98. The van der Waals surface area contributed by atoms with Gasteiger partial charge in [-0.3, -0.25) is 4.79 Å². The molecular weight excluding hydrogens is 186 g/mol. The van der Waals surface area contributed by atoms with Crippen LogP contribution in [-0.4, -0.2) is 24.4 Å². The minimum Gasteiger partial charge on any atom is -0.345 e. The van der Waals surface area contributed by atoms with Gasteiger partial charge in [-0.15, -0.1) is 0 Å². The molecule has 0 atom stereocenters. The lowest BCUT2D eigenvalue weighted by Gasteiger charge is -2.15. The zero-order valence-electron chi connectivity index (χ0n) is 10.5. The van der Waals surface area contributed by atoms with Gasteiger partial charge in [0.15, 0.2) is 0 Å². The highest BCUT2D eigenvalue weighted by Crippen LogP contribution is 2.07. The number of hydrogen-bond donors (Lipinski definition) is 0. The van der Waals surface area contributed by atoms with Gasteiger partial charge in [0.25, 0.3) is 0 Å². The standard InChI is InChI=1S/C13H27NO/c1-3-5-6-7-8-9-10-12-14(13-15)11-4-2/h13H,3-12H2,1-2H3. The quantitative estimate of drug-likeness (QED) is 0.379. The van der Waals surface area contributed by atoms with Crippen molar-refractivity contribution in [3.8, 4) is 0 Å². The van der Waals surface area contributed by atoms with Gasteiger partial charge in [0.05, 0.1) is 0 Å². The molecule has 2 nitrogen and oxygen atoms in total. The summed E-state index contributed by atoms with van der Waals surface area (Å²) in [6, 6.07) is 0. The molecule has 90 valence electrons. The van der Waals surface area contributed by atoms with Crippen LogP contribution in [0.3, 0.4) is 0 Å². The Morgan fingerprint density at radius 2 is 1.40 bits per heavy atom. The van der Waals surface area contributed by atoms with Crippen molar-refractivity contribution >= 4 is 6.41 Å². The number of carbonyl (C=O) groups excluding carboxylic acids is 1. The van der Waals surface area contributed by atoms with E-state index >= 15 is 0 Å². The molecule has 1 amide bonds. The van der Waals surface area contributed by atoms with Gasteiger partial charge in [0.2, 0.25) is 6.41 Å². The second-order valence-electron chi connectivity index (χ2n) is 4.26. The average Bonchev–Trinajstić information content (AvgIpc) is 2.26. The first-order chi connectivity index (χ1) is 7.35. The molecule has 0 radical (unpaired) electrons.